The van der Waals surface area contributed by atoms with Crippen molar-refractivity contribution in [2.75, 3.05) is 38.7 Å². The summed E-state index contributed by atoms with van der Waals surface area (Å²) in [6, 6.07) is 13.2. The van der Waals surface area contributed by atoms with Crippen molar-refractivity contribution in [1.82, 2.24) is 9.80 Å². The minimum absolute atomic E-state index is 0.0281. The van der Waals surface area contributed by atoms with Crippen molar-refractivity contribution >= 4 is 23.1 Å². The maximum Gasteiger partial charge on any atom is 0.282 e. The van der Waals surface area contributed by atoms with Gasteiger partial charge in [-0.3, -0.25) is 9.59 Å². The predicted molar refractivity (Wildman–Crippen MR) is 126 cm³/mol. The molecule has 0 bridgehead atoms. The van der Waals surface area contributed by atoms with Crippen LogP contribution in [0.1, 0.15) is 31.7 Å². The van der Waals surface area contributed by atoms with Crippen LogP contribution in [0.15, 0.2) is 54.2 Å². The molecule has 1 fully saturated rings. The van der Waals surface area contributed by atoms with Crippen molar-refractivity contribution in [2.45, 2.75) is 32.2 Å². The lowest BCUT2D eigenvalue weighted by molar-refractivity contribution is -0.120. The van der Waals surface area contributed by atoms with Crippen LogP contribution >= 0.6 is 0 Å². The maximum absolute atomic E-state index is 14.6. The van der Waals surface area contributed by atoms with E-state index < -0.39 is 17.6 Å². The Balaban J connectivity index is 1.75. The third-order valence-corrected chi connectivity index (χ3v) is 6.36. The first-order chi connectivity index (χ1) is 15.9. The lowest BCUT2D eigenvalue weighted by atomic mass is 10.00. The molecule has 0 aromatic heterocycles. The Labute approximate surface area is 194 Å². The second-order valence-corrected chi connectivity index (χ2v) is 8.64. The number of hydrogen-bond donors (Lipinski definition) is 0. The second kappa shape index (κ2) is 9.75. The van der Waals surface area contributed by atoms with Gasteiger partial charge in [0.1, 0.15) is 17.3 Å². The van der Waals surface area contributed by atoms with Gasteiger partial charge in [-0.2, -0.15) is 0 Å². The Morgan fingerprint density at radius 3 is 2.33 bits per heavy atom. The molecule has 0 spiro atoms. The highest BCUT2D eigenvalue weighted by atomic mass is 19.1. The number of piperidine rings is 1. The molecule has 2 aliphatic heterocycles. The van der Waals surface area contributed by atoms with Crippen molar-refractivity contribution in [3.63, 3.8) is 0 Å². The van der Waals surface area contributed by atoms with E-state index in [1.165, 1.54) is 12.1 Å². The Kier molecular flexibility index (Phi) is 6.79. The second-order valence-electron chi connectivity index (χ2n) is 8.64. The fourth-order valence-electron chi connectivity index (χ4n) is 4.46. The standard InChI is InChI=1S/C26H30FN3O3/c1-4-17-33-20-11-9-18(10-12-20)23-24(29(3)19-13-15-28(2)16-14-19)26(32)30(25(23)31)22-8-6-5-7-21(22)27/h5-12,19H,4,13-17H2,1-3H3. The molecular weight excluding hydrogens is 421 g/mol. The van der Waals surface area contributed by atoms with Gasteiger partial charge in [0.2, 0.25) is 0 Å². The summed E-state index contributed by atoms with van der Waals surface area (Å²) in [5.41, 5.74) is 1.21. The molecule has 0 N–H and O–H groups in total. The van der Waals surface area contributed by atoms with E-state index >= 15 is 0 Å². The predicted octanol–water partition coefficient (Wildman–Crippen LogP) is 3.93. The van der Waals surface area contributed by atoms with E-state index in [0.29, 0.717) is 29.2 Å². The van der Waals surface area contributed by atoms with Gasteiger partial charge in [0.25, 0.3) is 11.8 Å². The molecule has 6 nitrogen and oxygen atoms in total. The van der Waals surface area contributed by atoms with Crippen LogP contribution in [0.5, 0.6) is 5.75 Å². The number of likely N-dealkylation sites (N-methyl/N-ethyl adjacent to an activating group) is 1. The number of carbonyl (C=O) groups excluding carboxylic acids is 2. The van der Waals surface area contributed by atoms with E-state index in [9.17, 15) is 14.0 Å². The van der Waals surface area contributed by atoms with E-state index in [4.69, 9.17) is 4.74 Å². The molecule has 33 heavy (non-hydrogen) atoms. The van der Waals surface area contributed by atoms with Gasteiger partial charge in [0.05, 0.1) is 17.9 Å². The number of carbonyl (C=O) groups is 2. The van der Waals surface area contributed by atoms with Crippen LogP contribution < -0.4 is 9.64 Å². The van der Waals surface area contributed by atoms with Crippen LogP contribution in [0.25, 0.3) is 5.57 Å². The monoisotopic (exact) mass is 451 g/mol. The minimum atomic E-state index is -0.606. The summed E-state index contributed by atoms with van der Waals surface area (Å²) in [6.07, 6.45) is 2.66. The molecule has 0 aliphatic carbocycles. The molecule has 2 aromatic rings. The Bertz CT molecular complexity index is 1060. The third kappa shape index (κ3) is 4.50. The molecule has 4 rings (SSSR count). The molecular formula is C26H30FN3O3. The van der Waals surface area contributed by atoms with Crippen LogP contribution in [-0.2, 0) is 9.59 Å². The van der Waals surface area contributed by atoms with Crippen LogP contribution in [0.2, 0.25) is 0 Å². The van der Waals surface area contributed by atoms with Crippen molar-refractivity contribution in [1.29, 1.82) is 0 Å². The van der Waals surface area contributed by atoms with E-state index in [-0.39, 0.29) is 11.7 Å². The molecule has 0 saturated carbocycles. The van der Waals surface area contributed by atoms with E-state index in [0.717, 1.165) is 37.3 Å². The van der Waals surface area contributed by atoms with Gasteiger partial charge in [-0.25, -0.2) is 9.29 Å². The lowest BCUT2D eigenvalue weighted by Gasteiger charge is -2.36. The summed E-state index contributed by atoms with van der Waals surface area (Å²) in [5, 5.41) is 0. The van der Waals surface area contributed by atoms with Crippen molar-refractivity contribution in [2.24, 2.45) is 0 Å². The molecule has 7 heteroatoms. The summed E-state index contributed by atoms with van der Waals surface area (Å²) in [5.74, 6) is -0.908. The summed E-state index contributed by atoms with van der Waals surface area (Å²) < 4.78 is 20.3. The quantitative estimate of drug-likeness (QED) is 0.597. The fraction of sp³-hybridized carbons (Fsp3) is 0.385. The highest BCUT2D eigenvalue weighted by Crippen LogP contribution is 2.37. The number of rotatable bonds is 7. The van der Waals surface area contributed by atoms with Gasteiger partial charge >= 0.3 is 0 Å². The number of ether oxygens (including phenoxy) is 1. The van der Waals surface area contributed by atoms with Crippen molar-refractivity contribution in [3.8, 4) is 5.75 Å². The number of imide groups is 1. The van der Waals surface area contributed by atoms with Gasteiger partial charge < -0.3 is 14.5 Å². The van der Waals surface area contributed by atoms with E-state index in [1.807, 2.05) is 18.9 Å². The SMILES string of the molecule is CCCOc1ccc(C2=C(N(C)C3CCN(C)CC3)C(=O)N(c3ccccc3F)C2=O)cc1. The van der Waals surface area contributed by atoms with Gasteiger partial charge in [0.15, 0.2) is 0 Å². The van der Waals surface area contributed by atoms with Gasteiger partial charge in [0, 0.05) is 13.1 Å². The topological polar surface area (TPSA) is 53.1 Å². The van der Waals surface area contributed by atoms with Crippen molar-refractivity contribution < 1.29 is 18.7 Å². The number of para-hydroxylation sites is 1. The average Bonchev–Trinajstić information content (AvgIpc) is 3.08. The minimum Gasteiger partial charge on any atom is -0.494 e. The van der Waals surface area contributed by atoms with Crippen LogP contribution in [-0.4, -0.2) is 61.4 Å². The van der Waals surface area contributed by atoms with Gasteiger partial charge in [-0.1, -0.05) is 31.2 Å². The first-order valence-corrected chi connectivity index (χ1v) is 11.4. The fourth-order valence-corrected chi connectivity index (χ4v) is 4.46. The Morgan fingerprint density at radius 1 is 1.03 bits per heavy atom. The maximum atomic E-state index is 14.6. The van der Waals surface area contributed by atoms with E-state index in [1.54, 1.807) is 36.4 Å². The zero-order chi connectivity index (χ0) is 23.5. The first-order valence-electron chi connectivity index (χ1n) is 11.4. The van der Waals surface area contributed by atoms with E-state index in [2.05, 4.69) is 11.9 Å². The van der Waals surface area contributed by atoms with Crippen LogP contribution in [0.3, 0.4) is 0 Å². The average molecular weight is 452 g/mol. The van der Waals surface area contributed by atoms with Crippen LogP contribution in [0.4, 0.5) is 10.1 Å². The highest BCUT2D eigenvalue weighted by Gasteiger charge is 2.44. The zero-order valence-corrected chi connectivity index (χ0v) is 19.4. The Morgan fingerprint density at radius 2 is 1.70 bits per heavy atom. The summed E-state index contributed by atoms with van der Waals surface area (Å²) >= 11 is 0. The molecule has 1 saturated heterocycles. The molecule has 0 radical (unpaired) electrons. The Hall–Kier alpha value is -3.19. The van der Waals surface area contributed by atoms with Gasteiger partial charge in [-0.15, -0.1) is 0 Å². The summed E-state index contributed by atoms with van der Waals surface area (Å²) in [6.45, 7) is 4.47. The molecule has 0 unspecified atom stereocenters. The number of benzene rings is 2. The molecule has 2 aliphatic rings. The first kappa shape index (κ1) is 23.0. The third-order valence-electron chi connectivity index (χ3n) is 6.36. The number of nitrogens with zero attached hydrogens (tertiary/aromatic N) is 3. The van der Waals surface area contributed by atoms with Crippen LogP contribution in [0, 0.1) is 5.82 Å². The number of anilines is 1. The summed E-state index contributed by atoms with van der Waals surface area (Å²) in [4.78, 5) is 32.3. The lowest BCUT2D eigenvalue weighted by Crippen LogP contribution is -2.43. The highest BCUT2D eigenvalue weighted by molar-refractivity contribution is 6.45. The molecule has 174 valence electrons. The number of halogens is 1. The number of amides is 2. The van der Waals surface area contributed by atoms with Crippen molar-refractivity contribution in [3.05, 3.63) is 65.6 Å². The molecule has 2 amide bonds. The van der Waals surface area contributed by atoms with Gasteiger partial charge in [-0.05, 0) is 69.2 Å². The number of likely N-dealkylation sites (tertiary alicyclic amines) is 1. The molecule has 2 heterocycles. The number of hydrogen-bond acceptors (Lipinski definition) is 5. The summed E-state index contributed by atoms with van der Waals surface area (Å²) in [7, 11) is 3.94. The molecule has 0 atom stereocenters. The smallest absolute Gasteiger partial charge is 0.282 e. The largest absolute Gasteiger partial charge is 0.494 e. The zero-order valence-electron chi connectivity index (χ0n) is 19.4. The molecule has 2 aromatic carbocycles. The normalized spacial score (nSPS) is 17.8.